The van der Waals surface area contributed by atoms with E-state index >= 15 is 0 Å². The predicted octanol–water partition coefficient (Wildman–Crippen LogP) is 3.01. The van der Waals surface area contributed by atoms with Crippen LogP contribution in [0.15, 0.2) is 10.8 Å². The first kappa shape index (κ1) is 17.3. The van der Waals surface area contributed by atoms with Gasteiger partial charge in [0, 0.05) is 12.0 Å². The van der Waals surface area contributed by atoms with Crippen molar-refractivity contribution >= 4 is 5.91 Å². The molecule has 0 aliphatic carbocycles. The molecule has 1 atom stereocenters. The van der Waals surface area contributed by atoms with Crippen LogP contribution < -0.4 is 10.1 Å². The minimum Gasteiger partial charge on any atom is -0.507 e. The van der Waals surface area contributed by atoms with Gasteiger partial charge in [0.2, 0.25) is 0 Å². The van der Waals surface area contributed by atoms with E-state index in [0.29, 0.717) is 30.1 Å². The molecule has 0 bridgehead atoms. The molecule has 1 amide bonds. The van der Waals surface area contributed by atoms with Gasteiger partial charge in [-0.2, -0.15) is 0 Å². The molecule has 0 saturated heterocycles. The van der Waals surface area contributed by atoms with Crippen LogP contribution in [0.2, 0.25) is 0 Å². The van der Waals surface area contributed by atoms with E-state index < -0.39 is 5.60 Å². The Morgan fingerprint density at radius 3 is 2.64 bits per heavy atom. The maximum atomic E-state index is 12.7. The smallest absolute Gasteiger partial charge is 0.264 e. The Labute approximate surface area is 147 Å². The average molecular weight is 344 g/mol. The Balaban J connectivity index is 1.83. The minimum atomic E-state index is -0.957. The van der Waals surface area contributed by atoms with Crippen LogP contribution in [0, 0.1) is 27.7 Å². The fourth-order valence-electron chi connectivity index (χ4n) is 3.25. The third-order valence-electron chi connectivity index (χ3n) is 5.25. The van der Waals surface area contributed by atoms with Crippen molar-refractivity contribution in [1.29, 1.82) is 0 Å². The van der Waals surface area contributed by atoms with Crippen LogP contribution in [0.5, 0.6) is 11.5 Å². The van der Waals surface area contributed by atoms with Crippen molar-refractivity contribution in [3.63, 3.8) is 0 Å². The predicted molar refractivity (Wildman–Crippen MR) is 92.8 cm³/mol. The van der Waals surface area contributed by atoms with Crippen LogP contribution in [0.1, 0.15) is 47.1 Å². The number of amides is 1. The standard InChI is InChI=1S/C19H24N2O4/c1-10-11(2)17-14(12(3)16(10)22)6-7-19(5,25-17)18(23)20-8-15-13(4)21-9-24-15/h9,22H,6-8H2,1-5H3,(H,20,23). The van der Waals surface area contributed by atoms with E-state index in [0.717, 1.165) is 27.9 Å². The number of hydrogen-bond donors (Lipinski definition) is 2. The average Bonchev–Trinajstić information content (AvgIpc) is 3.00. The highest BCUT2D eigenvalue weighted by molar-refractivity contribution is 5.85. The van der Waals surface area contributed by atoms with Gasteiger partial charge in [-0.25, -0.2) is 4.98 Å². The molecule has 1 aromatic carbocycles. The van der Waals surface area contributed by atoms with Crippen molar-refractivity contribution in [3.05, 3.63) is 40.1 Å². The molecule has 25 heavy (non-hydrogen) atoms. The van der Waals surface area contributed by atoms with Crippen molar-refractivity contribution in [1.82, 2.24) is 10.3 Å². The number of phenolic OH excluding ortho intramolecular Hbond substituents is 1. The number of phenols is 1. The quantitative estimate of drug-likeness (QED) is 0.894. The van der Waals surface area contributed by atoms with Gasteiger partial charge in [-0.15, -0.1) is 0 Å². The molecule has 6 heteroatoms. The normalized spacial score (nSPS) is 19.2. The Hall–Kier alpha value is -2.50. The lowest BCUT2D eigenvalue weighted by molar-refractivity contribution is -0.137. The van der Waals surface area contributed by atoms with Crippen molar-refractivity contribution < 1.29 is 19.1 Å². The van der Waals surface area contributed by atoms with Crippen LogP contribution in [-0.4, -0.2) is 21.6 Å². The summed E-state index contributed by atoms with van der Waals surface area (Å²) in [5.41, 5.74) is 3.29. The first-order valence-electron chi connectivity index (χ1n) is 8.42. The molecule has 1 aliphatic rings. The number of nitrogens with zero attached hydrogens (tertiary/aromatic N) is 1. The third-order valence-corrected chi connectivity index (χ3v) is 5.25. The highest BCUT2D eigenvalue weighted by Crippen LogP contribution is 2.43. The molecule has 2 heterocycles. The van der Waals surface area contributed by atoms with E-state index in [4.69, 9.17) is 9.15 Å². The molecular formula is C19H24N2O4. The molecule has 6 nitrogen and oxygen atoms in total. The van der Waals surface area contributed by atoms with Gasteiger partial charge in [0.1, 0.15) is 17.3 Å². The lowest BCUT2D eigenvalue weighted by Gasteiger charge is -2.36. The van der Waals surface area contributed by atoms with Crippen LogP contribution in [-0.2, 0) is 17.8 Å². The summed E-state index contributed by atoms with van der Waals surface area (Å²) in [4.78, 5) is 16.8. The Morgan fingerprint density at radius 2 is 2.00 bits per heavy atom. The third kappa shape index (κ3) is 2.86. The second kappa shape index (κ2) is 6.10. The molecule has 2 N–H and O–H groups in total. The van der Waals surface area contributed by atoms with E-state index in [1.54, 1.807) is 6.92 Å². The van der Waals surface area contributed by atoms with Gasteiger partial charge in [-0.3, -0.25) is 4.79 Å². The van der Waals surface area contributed by atoms with E-state index in [-0.39, 0.29) is 12.5 Å². The summed E-state index contributed by atoms with van der Waals surface area (Å²) >= 11 is 0. The van der Waals surface area contributed by atoms with Crippen LogP contribution >= 0.6 is 0 Å². The molecule has 134 valence electrons. The zero-order valence-electron chi connectivity index (χ0n) is 15.3. The van der Waals surface area contributed by atoms with Crippen LogP contribution in [0.25, 0.3) is 0 Å². The van der Waals surface area contributed by atoms with Crippen LogP contribution in [0.3, 0.4) is 0 Å². The number of aromatic hydroxyl groups is 1. The molecule has 1 unspecified atom stereocenters. The van der Waals surface area contributed by atoms with Crippen molar-refractivity contribution in [3.8, 4) is 11.5 Å². The van der Waals surface area contributed by atoms with E-state index in [9.17, 15) is 9.90 Å². The highest BCUT2D eigenvalue weighted by Gasteiger charge is 2.40. The summed E-state index contributed by atoms with van der Waals surface area (Å²) in [7, 11) is 0. The first-order valence-corrected chi connectivity index (χ1v) is 8.42. The summed E-state index contributed by atoms with van der Waals surface area (Å²) < 4.78 is 11.4. The van der Waals surface area contributed by atoms with Gasteiger partial charge in [0.05, 0.1) is 12.2 Å². The first-order chi connectivity index (χ1) is 11.7. The topological polar surface area (TPSA) is 84.6 Å². The summed E-state index contributed by atoms with van der Waals surface area (Å²) in [5, 5.41) is 13.1. The van der Waals surface area contributed by atoms with Crippen LogP contribution in [0.4, 0.5) is 0 Å². The molecule has 2 aromatic rings. The summed E-state index contributed by atoms with van der Waals surface area (Å²) in [6.07, 6.45) is 2.60. The number of rotatable bonds is 3. The largest absolute Gasteiger partial charge is 0.507 e. The van der Waals surface area contributed by atoms with E-state index in [1.807, 2.05) is 27.7 Å². The number of fused-ring (bicyclic) bond motifs is 1. The molecular weight excluding hydrogens is 320 g/mol. The number of aryl methyl sites for hydroxylation is 1. The SMILES string of the molecule is Cc1ncoc1CNC(=O)C1(C)CCc2c(C)c(O)c(C)c(C)c2O1. The lowest BCUT2D eigenvalue weighted by Crippen LogP contribution is -2.50. The van der Waals surface area contributed by atoms with Gasteiger partial charge in [-0.05, 0) is 57.7 Å². The number of oxazole rings is 1. The monoisotopic (exact) mass is 344 g/mol. The molecule has 0 saturated carbocycles. The maximum absolute atomic E-state index is 12.7. The lowest BCUT2D eigenvalue weighted by atomic mass is 9.86. The summed E-state index contributed by atoms with van der Waals surface area (Å²) in [6, 6.07) is 0. The number of carbonyl (C=O) groups is 1. The second-order valence-corrected chi connectivity index (χ2v) is 6.91. The van der Waals surface area contributed by atoms with E-state index in [1.165, 1.54) is 6.39 Å². The van der Waals surface area contributed by atoms with E-state index in [2.05, 4.69) is 10.3 Å². The zero-order chi connectivity index (χ0) is 18.4. The fraction of sp³-hybridized carbons (Fsp3) is 0.474. The molecule has 1 aliphatic heterocycles. The number of benzene rings is 1. The Kier molecular flexibility index (Phi) is 4.22. The molecule has 1 aromatic heterocycles. The molecule has 0 spiro atoms. The molecule has 3 rings (SSSR count). The highest BCUT2D eigenvalue weighted by atomic mass is 16.5. The maximum Gasteiger partial charge on any atom is 0.264 e. The number of hydrogen-bond acceptors (Lipinski definition) is 5. The van der Waals surface area contributed by atoms with Gasteiger partial charge in [-0.1, -0.05) is 0 Å². The second-order valence-electron chi connectivity index (χ2n) is 6.91. The fourth-order valence-corrected chi connectivity index (χ4v) is 3.25. The number of aromatic nitrogens is 1. The summed E-state index contributed by atoms with van der Waals surface area (Å²) in [5.74, 6) is 1.49. The molecule has 0 radical (unpaired) electrons. The number of carbonyl (C=O) groups excluding carboxylic acids is 1. The van der Waals surface area contributed by atoms with Gasteiger partial charge >= 0.3 is 0 Å². The van der Waals surface area contributed by atoms with Gasteiger partial charge < -0.3 is 19.6 Å². The molecule has 0 fully saturated rings. The number of ether oxygens (including phenoxy) is 1. The Morgan fingerprint density at radius 1 is 1.28 bits per heavy atom. The van der Waals surface area contributed by atoms with Crippen molar-refractivity contribution in [2.45, 2.75) is 59.6 Å². The summed E-state index contributed by atoms with van der Waals surface area (Å²) in [6.45, 7) is 9.58. The minimum absolute atomic E-state index is 0.184. The van der Waals surface area contributed by atoms with Gasteiger partial charge in [0.15, 0.2) is 12.0 Å². The van der Waals surface area contributed by atoms with Gasteiger partial charge in [0.25, 0.3) is 5.91 Å². The van der Waals surface area contributed by atoms with Crippen molar-refractivity contribution in [2.24, 2.45) is 0 Å². The zero-order valence-corrected chi connectivity index (χ0v) is 15.3. The van der Waals surface area contributed by atoms with Crippen molar-refractivity contribution in [2.75, 3.05) is 0 Å². The number of nitrogens with one attached hydrogen (secondary N) is 1. The Bertz CT molecular complexity index is 840.